The molecule has 2 atom stereocenters. The summed E-state index contributed by atoms with van der Waals surface area (Å²) in [6.45, 7) is 0. The van der Waals surface area contributed by atoms with E-state index in [4.69, 9.17) is 14.2 Å². The van der Waals surface area contributed by atoms with Crippen LogP contribution in [0.4, 0.5) is 5.95 Å². The van der Waals surface area contributed by atoms with Crippen molar-refractivity contribution in [3.8, 4) is 17.2 Å². The molecule has 9 heteroatoms. The third-order valence-corrected chi connectivity index (χ3v) is 6.02. The summed E-state index contributed by atoms with van der Waals surface area (Å²) < 4.78 is 18.2. The zero-order chi connectivity index (χ0) is 22.2. The standard InChI is InChI=1S/C23H23N5O4/c1-30-18-9-15(10-19(31-2)22(18)32-3)14-7-16-20(17(29)8-14)21(13-5-4-6-24-11-13)28-23(27-16)25-12-26-28/h4-6,9-12,14,21H,7-8H2,1-3H3,(H,25,26,27)/t14-,21+/m1/s1. The molecule has 0 saturated carbocycles. The van der Waals surface area contributed by atoms with Gasteiger partial charge < -0.3 is 19.5 Å². The topological polar surface area (TPSA) is 100 Å². The number of benzene rings is 1. The van der Waals surface area contributed by atoms with E-state index in [1.54, 1.807) is 38.4 Å². The quantitative estimate of drug-likeness (QED) is 0.655. The fraction of sp³-hybridized carbons (Fsp3) is 0.304. The molecule has 0 spiro atoms. The minimum atomic E-state index is -0.356. The number of carbonyl (C=O) groups is 1. The Labute approximate surface area is 185 Å². The van der Waals surface area contributed by atoms with Gasteiger partial charge in [0.2, 0.25) is 11.7 Å². The highest BCUT2D eigenvalue weighted by atomic mass is 16.5. The van der Waals surface area contributed by atoms with Crippen LogP contribution in [0.25, 0.3) is 0 Å². The van der Waals surface area contributed by atoms with E-state index >= 15 is 0 Å². The van der Waals surface area contributed by atoms with E-state index in [9.17, 15) is 4.79 Å². The number of hydrogen-bond acceptors (Lipinski definition) is 8. The number of ether oxygens (including phenoxy) is 3. The second-order valence-electron chi connectivity index (χ2n) is 7.72. The monoisotopic (exact) mass is 433 g/mol. The highest BCUT2D eigenvalue weighted by molar-refractivity contribution is 6.00. The summed E-state index contributed by atoms with van der Waals surface area (Å²) in [5, 5.41) is 7.69. The average Bonchev–Trinajstić information content (AvgIpc) is 3.30. The predicted molar refractivity (Wildman–Crippen MR) is 116 cm³/mol. The van der Waals surface area contributed by atoms with Gasteiger partial charge >= 0.3 is 0 Å². The summed E-state index contributed by atoms with van der Waals surface area (Å²) in [6.07, 6.45) is 5.98. The molecule has 1 aromatic carbocycles. The van der Waals surface area contributed by atoms with Crippen molar-refractivity contribution in [2.24, 2.45) is 0 Å². The van der Waals surface area contributed by atoms with Crippen molar-refractivity contribution >= 4 is 11.7 Å². The van der Waals surface area contributed by atoms with Crippen molar-refractivity contribution in [1.29, 1.82) is 0 Å². The van der Waals surface area contributed by atoms with Gasteiger partial charge in [-0.3, -0.25) is 9.78 Å². The molecule has 0 fully saturated rings. The molecule has 32 heavy (non-hydrogen) atoms. The largest absolute Gasteiger partial charge is 0.493 e. The fourth-order valence-corrected chi connectivity index (χ4v) is 4.57. The van der Waals surface area contributed by atoms with Crippen LogP contribution in [0.15, 0.2) is 54.3 Å². The van der Waals surface area contributed by atoms with E-state index in [0.29, 0.717) is 41.6 Å². The zero-order valence-corrected chi connectivity index (χ0v) is 18.0. The molecule has 1 N–H and O–H groups in total. The van der Waals surface area contributed by atoms with Crippen molar-refractivity contribution in [1.82, 2.24) is 19.7 Å². The second-order valence-corrected chi connectivity index (χ2v) is 7.72. The van der Waals surface area contributed by atoms with E-state index < -0.39 is 0 Å². The van der Waals surface area contributed by atoms with Gasteiger partial charge in [0.25, 0.3) is 0 Å². The number of ketones is 1. The Kier molecular flexibility index (Phi) is 5.01. The van der Waals surface area contributed by atoms with Crippen LogP contribution in [-0.2, 0) is 4.79 Å². The Hall–Kier alpha value is -3.88. The number of hydrogen-bond donors (Lipinski definition) is 1. The highest BCUT2D eigenvalue weighted by Gasteiger charge is 2.39. The third kappa shape index (κ3) is 3.17. The molecular formula is C23H23N5O4. The summed E-state index contributed by atoms with van der Waals surface area (Å²) in [4.78, 5) is 22.1. The van der Waals surface area contributed by atoms with Gasteiger partial charge in [-0.1, -0.05) is 6.07 Å². The first-order chi connectivity index (χ1) is 15.6. The first-order valence-electron chi connectivity index (χ1n) is 10.3. The van der Waals surface area contributed by atoms with Crippen LogP contribution in [0, 0.1) is 0 Å². The maximum absolute atomic E-state index is 13.5. The minimum absolute atomic E-state index is 0.0496. The third-order valence-electron chi connectivity index (χ3n) is 6.02. The minimum Gasteiger partial charge on any atom is -0.493 e. The Balaban J connectivity index is 1.57. The number of rotatable bonds is 5. The number of nitrogens with zero attached hydrogens (tertiary/aromatic N) is 4. The summed E-state index contributed by atoms with van der Waals surface area (Å²) in [7, 11) is 4.74. The number of methoxy groups -OCH3 is 3. The molecule has 0 unspecified atom stereocenters. The van der Waals surface area contributed by atoms with Crippen molar-refractivity contribution < 1.29 is 19.0 Å². The smallest absolute Gasteiger partial charge is 0.226 e. The summed E-state index contributed by atoms with van der Waals surface area (Å²) in [6, 6.07) is 7.28. The normalized spacial score (nSPS) is 19.7. The molecule has 2 aliphatic rings. The number of Topliss-reactive ketones (excluding diaryl/α,β-unsaturated/α-hetero) is 1. The van der Waals surface area contributed by atoms with Gasteiger partial charge in [-0.15, -0.1) is 0 Å². The maximum Gasteiger partial charge on any atom is 0.226 e. The Morgan fingerprint density at radius 1 is 1.06 bits per heavy atom. The lowest BCUT2D eigenvalue weighted by Crippen LogP contribution is -2.33. The second kappa shape index (κ2) is 7.99. The predicted octanol–water partition coefficient (Wildman–Crippen LogP) is 3.11. The number of nitrogens with one attached hydrogen (secondary N) is 1. The van der Waals surface area contributed by atoms with Gasteiger partial charge in [0.05, 0.1) is 21.3 Å². The van der Waals surface area contributed by atoms with E-state index in [1.165, 1.54) is 6.33 Å². The number of fused-ring (bicyclic) bond motifs is 1. The van der Waals surface area contributed by atoms with E-state index in [0.717, 1.165) is 16.8 Å². The zero-order valence-electron chi connectivity index (χ0n) is 18.0. The fourth-order valence-electron chi connectivity index (χ4n) is 4.57. The molecular weight excluding hydrogens is 410 g/mol. The molecule has 0 bridgehead atoms. The highest BCUT2D eigenvalue weighted by Crippen LogP contribution is 2.46. The number of allylic oxidation sites excluding steroid dienone is 2. The Morgan fingerprint density at radius 2 is 1.84 bits per heavy atom. The van der Waals surface area contributed by atoms with Crippen LogP contribution in [0.1, 0.15) is 35.9 Å². The number of carbonyl (C=O) groups excluding carboxylic acids is 1. The van der Waals surface area contributed by atoms with Gasteiger partial charge in [0.1, 0.15) is 12.4 Å². The van der Waals surface area contributed by atoms with Crippen LogP contribution in [-0.4, -0.2) is 46.9 Å². The number of pyridine rings is 1. The van der Waals surface area contributed by atoms with E-state index in [1.807, 2.05) is 24.3 Å². The van der Waals surface area contributed by atoms with Gasteiger partial charge in [0.15, 0.2) is 17.3 Å². The molecule has 5 rings (SSSR count). The van der Waals surface area contributed by atoms with E-state index in [2.05, 4.69) is 20.4 Å². The number of aromatic nitrogens is 4. The molecule has 164 valence electrons. The van der Waals surface area contributed by atoms with Crippen molar-refractivity contribution in [2.45, 2.75) is 24.8 Å². The molecule has 1 aliphatic carbocycles. The average molecular weight is 433 g/mol. The first kappa shape index (κ1) is 20.0. The van der Waals surface area contributed by atoms with Crippen molar-refractivity contribution in [3.63, 3.8) is 0 Å². The summed E-state index contributed by atoms with van der Waals surface area (Å²) in [5.74, 6) is 2.29. The number of anilines is 1. The molecule has 9 nitrogen and oxygen atoms in total. The molecule has 2 aromatic heterocycles. The SMILES string of the molecule is COc1cc([C@H]2CC(=O)C3=C(C2)Nc2ncnn2[C@H]3c2cccnc2)cc(OC)c1OC. The molecule has 3 heterocycles. The summed E-state index contributed by atoms with van der Waals surface area (Å²) in [5.41, 5.74) is 3.41. The van der Waals surface area contributed by atoms with Crippen LogP contribution in [0.2, 0.25) is 0 Å². The Bertz CT molecular complexity index is 1180. The van der Waals surface area contributed by atoms with Crippen LogP contribution < -0.4 is 19.5 Å². The maximum atomic E-state index is 13.5. The molecule has 0 radical (unpaired) electrons. The molecule has 3 aromatic rings. The van der Waals surface area contributed by atoms with Crippen LogP contribution in [0.3, 0.4) is 0 Å². The van der Waals surface area contributed by atoms with E-state index in [-0.39, 0.29) is 17.7 Å². The van der Waals surface area contributed by atoms with Crippen LogP contribution in [0.5, 0.6) is 17.2 Å². The van der Waals surface area contributed by atoms with Gasteiger partial charge in [0, 0.05) is 30.1 Å². The lowest BCUT2D eigenvalue weighted by molar-refractivity contribution is -0.116. The lowest BCUT2D eigenvalue weighted by atomic mass is 9.78. The van der Waals surface area contributed by atoms with Crippen molar-refractivity contribution in [3.05, 3.63) is 65.4 Å². The molecule has 0 amide bonds. The van der Waals surface area contributed by atoms with Crippen LogP contribution >= 0.6 is 0 Å². The van der Waals surface area contributed by atoms with Gasteiger partial charge in [-0.2, -0.15) is 10.1 Å². The molecule has 1 aliphatic heterocycles. The summed E-state index contributed by atoms with van der Waals surface area (Å²) >= 11 is 0. The van der Waals surface area contributed by atoms with Gasteiger partial charge in [-0.25, -0.2) is 4.68 Å². The lowest BCUT2D eigenvalue weighted by Gasteiger charge is -2.35. The van der Waals surface area contributed by atoms with Gasteiger partial charge in [-0.05, 0) is 41.7 Å². The molecule has 0 saturated heterocycles. The first-order valence-corrected chi connectivity index (χ1v) is 10.3. The van der Waals surface area contributed by atoms with Crippen molar-refractivity contribution in [2.75, 3.05) is 26.6 Å². The Morgan fingerprint density at radius 3 is 2.50 bits per heavy atom.